The summed E-state index contributed by atoms with van der Waals surface area (Å²) >= 11 is 6.05. The van der Waals surface area contributed by atoms with Crippen LogP contribution in [0.4, 0.5) is 10.5 Å². The number of hydrogen-bond donors (Lipinski definition) is 0. The summed E-state index contributed by atoms with van der Waals surface area (Å²) in [7, 11) is -1.70. The van der Waals surface area contributed by atoms with Crippen molar-refractivity contribution in [2.75, 3.05) is 23.5 Å². The molecule has 34 heavy (non-hydrogen) atoms. The molecule has 0 N–H and O–H groups in total. The van der Waals surface area contributed by atoms with E-state index in [1.807, 2.05) is 19.1 Å². The molecule has 3 atom stereocenters. The van der Waals surface area contributed by atoms with Crippen LogP contribution in [0.2, 0.25) is 5.02 Å². The van der Waals surface area contributed by atoms with Crippen molar-refractivity contribution in [3.05, 3.63) is 40.9 Å². The van der Waals surface area contributed by atoms with Crippen LogP contribution in [0.3, 0.4) is 0 Å². The van der Waals surface area contributed by atoms with Gasteiger partial charge in [0.15, 0.2) is 9.84 Å². The van der Waals surface area contributed by atoms with Crippen molar-refractivity contribution >= 4 is 44.3 Å². The van der Waals surface area contributed by atoms with Crippen LogP contribution in [0.15, 0.2) is 24.5 Å². The Labute approximate surface area is 203 Å². The van der Waals surface area contributed by atoms with Crippen molar-refractivity contribution in [2.24, 2.45) is 0 Å². The number of fused-ring (bicyclic) bond motifs is 3. The minimum atomic E-state index is -3.09. The third kappa shape index (κ3) is 3.96. The van der Waals surface area contributed by atoms with Crippen LogP contribution in [-0.2, 0) is 27.5 Å². The molecular weight excluding hydrogens is 478 g/mol. The fourth-order valence-corrected chi connectivity index (χ4v) is 7.16. The number of hydrogen-bond acceptors (Lipinski definition) is 6. The Morgan fingerprint density at radius 2 is 2.12 bits per heavy atom. The molecule has 1 aromatic carbocycles. The van der Waals surface area contributed by atoms with Gasteiger partial charge in [0, 0.05) is 23.7 Å². The normalized spacial score (nSPS) is 22.6. The molecule has 1 amide bonds. The topological polar surface area (TPSA) is 99.3 Å². The number of anilines is 1. The molecule has 2 aromatic heterocycles. The Hall–Kier alpha value is -2.59. The van der Waals surface area contributed by atoms with Crippen LogP contribution in [0, 0.1) is 0 Å². The number of benzene rings is 1. The lowest BCUT2D eigenvalue weighted by Gasteiger charge is -2.34. The average Bonchev–Trinajstić information content (AvgIpc) is 3.48. The Kier molecular flexibility index (Phi) is 5.84. The molecule has 4 heterocycles. The first kappa shape index (κ1) is 23.2. The number of ether oxygens (including phenoxy) is 1. The van der Waals surface area contributed by atoms with E-state index in [0.29, 0.717) is 18.0 Å². The molecule has 0 spiro atoms. The van der Waals surface area contributed by atoms with Crippen LogP contribution < -0.4 is 4.90 Å². The maximum atomic E-state index is 12.5. The monoisotopic (exact) mass is 505 g/mol. The number of aryl methyl sites for hydroxylation is 1. The Morgan fingerprint density at radius 3 is 2.76 bits per heavy atom. The average molecular weight is 506 g/mol. The molecule has 182 valence electrons. The van der Waals surface area contributed by atoms with Gasteiger partial charge in [0.2, 0.25) is 0 Å². The lowest BCUT2D eigenvalue weighted by Crippen LogP contribution is -2.42. The van der Waals surface area contributed by atoms with Crippen molar-refractivity contribution in [2.45, 2.75) is 57.7 Å². The van der Waals surface area contributed by atoms with E-state index in [2.05, 4.69) is 16.6 Å². The fraction of sp³-hybridized carbons (Fsp3) is 0.522. The van der Waals surface area contributed by atoms with Crippen molar-refractivity contribution in [1.29, 1.82) is 0 Å². The maximum Gasteiger partial charge on any atom is 0.414 e. The van der Waals surface area contributed by atoms with Gasteiger partial charge in [-0.15, -0.1) is 0 Å². The highest BCUT2D eigenvalue weighted by Gasteiger charge is 2.35. The molecule has 1 saturated heterocycles. The van der Waals surface area contributed by atoms with Crippen LogP contribution in [0.1, 0.15) is 50.0 Å². The number of halogens is 1. The first-order valence-electron chi connectivity index (χ1n) is 11.5. The quantitative estimate of drug-likeness (QED) is 0.532. The van der Waals surface area contributed by atoms with E-state index in [-0.39, 0.29) is 29.5 Å². The molecule has 3 aromatic rings. The van der Waals surface area contributed by atoms with Gasteiger partial charge < -0.3 is 9.30 Å². The third-order valence-corrected chi connectivity index (χ3v) is 8.88. The standard InChI is InChI=1S/C23H28ClN5O4S/c1-14(11-27-12-16(24)10-25-27)22-26-21-18-5-4-15(2)28(23(30)33-3)19(18)6-7-20(21)29(22)17-8-9-34(31,32)13-17/h6-7,10,12,14-15,17H,4-5,8-9,11,13H2,1-3H3/t14-,15-,17-/m0/s1. The highest BCUT2D eigenvalue weighted by molar-refractivity contribution is 7.91. The minimum Gasteiger partial charge on any atom is -0.452 e. The molecule has 0 aliphatic carbocycles. The van der Waals surface area contributed by atoms with Gasteiger partial charge in [-0.25, -0.2) is 18.2 Å². The number of imidazole rings is 1. The molecule has 9 nitrogen and oxygen atoms in total. The van der Waals surface area contributed by atoms with Crippen LogP contribution in [0.5, 0.6) is 0 Å². The summed E-state index contributed by atoms with van der Waals surface area (Å²) in [6.07, 6.45) is 5.11. The number of methoxy groups -OCH3 is 1. The van der Waals surface area contributed by atoms with Gasteiger partial charge in [0.05, 0.1) is 59.1 Å². The van der Waals surface area contributed by atoms with Gasteiger partial charge in [-0.1, -0.05) is 18.5 Å². The first-order chi connectivity index (χ1) is 16.2. The second-order valence-electron chi connectivity index (χ2n) is 9.34. The van der Waals surface area contributed by atoms with Gasteiger partial charge in [0.25, 0.3) is 0 Å². The van der Waals surface area contributed by atoms with Crippen LogP contribution >= 0.6 is 11.6 Å². The third-order valence-electron chi connectivity index (χ3n) is 6.93. The molecule has 0 saturated carbocycles. The number of carbonyl (C=O) groups excluding carboxylic acids is 1. The number of aromatic nitrogens is 4. The molecule has 0 unspecified atom stereocenters. The number of sulfone groups is 1. The van der Waals surface area contributed by atoms with Crippen LogP contribution in [0.25, 0.3) is 11.0 Å². The summed E-state index contributed by atoms with van der Waals surface area (Å²) in [5, 5.41) is 4.86. The SMILES string of the molecule is COC(=O)N1c2ccc3c(nc([C@@H](C)Cn4cc(Cl)cn4)n3[C@H]3CCS(=O)(=O)C3)c2CC[C@@H]1C. The Bertz CT molecular complexity index is 1370. The number of rotatable bonds is 4. The highest BCUT2D eigenvalue weighted by atomic mass is 35.5. The van der Waals surface area contributed by atoms with Crippen LogP contribution in [-0.4, -0.2) is 58.5 Å². The number of amides is 1. The molecule has 11 heteroatoms. The Morgan fingerprint density at radius 1 is 1.32 bits per heavy atom. The molecule has 2 aliphatic heterocycles. The first-order valence-corrected chi connectivity index (χ1v) is 13.7. The van der Waals surface area contributed by atoms with E-state index in [1.54, 1.807) is 22.0 Å². The van der Waals surface area contributed by atoms with E-state index in [0.717, 1.165) is 41.0 Å². The Balaban J connectivity index is 1.65. The van der Waals surface area contributed by atoms with Gasteiger partial charge in [-0.3, -0.25) is 9.58 Å². The van der Waals surface area contributed by atoms with Gasteiger partial charge in [0.1, 0.15) is 5.82 Å². The molecule has 0 bridgehead atoms. The van der Waals surface area contributed by atoms with E-state index < -0.39 is 15.9 Å². The second kappa shape index (κ2) is 8.57. The van der Waals surface area contributed by atoms with E-state index >= 15 is 0 Å². The van der Waals surface area contributed by atoms with Crippen molar-refractivity contribution < 1.29 is 17.9 Å². The second-order valence-corrected chi connectivity index (χ2v) is 12.0. The molecular formula is C23H28ClN5O4S. The van der Waals surface area contributed by atoms with Crippen molar-refractivity contribution in [3.8, 4) is 0 Å². The molecule has 0 radical (unpaired) electrons. The zero-order chi connectivity index (χ0) is 24.2. The largest absolute Gasteiger partial charge is 0.452 e. The zero-order valence-electron chi connectivity index (χ0n) is 19.4. The predicted octanol–water partition coefficient (Wildman–Crippen LogP) is 3.96. The highest BCUT2D eigenvalue weighted by Crippen LogP contribution is 2.40. The summed E-state index contributed by atoms with van der Waals surface area (Å²) in [5.74, 6) is 1.06. The number of carbonyl (C=O) groups is 1. The summed E-state index contributed by atoms with van der Waals surface area (Å²) in [6.45, 7) is 4.63. The minimum absolute atomic E-state index is 0.0161. The molecule has 5 rings (SSSR count). The van der Waals surface area contributed by atoms with Gasteiger partial charge in [-0.2, -0.15) is 5.10 Å². The summed E-state index contributed by atoms with van der Waals surface area (Å²) in [6, 6.07) is 3.74. The number of nitrogens with zero attached hydrogens (tertiary/aromatic N) is 5. The summed E-state index contributed by atoms with van der Waals surface area (Å²) in [4.78, 5) is 19.3. The smallest absolute Gasteiger partial charge is 0.414 e. The lowest BCUT2D eigenvalue weighted by molar-refractivity contribution is 0.175. The fourth-order valence-electron chi connectivity index (χ4n) is 5.30. The zero-order valence-corrected chi connectivity index (χ0v) is 21.0. The lowest BCUT2D eigenvalue weighted by atomic mass is 9.95. The maximum absolute atomic E-state index is 12.5. The molecule has 1 fully saturated rings. The predicted molar refractivity (Wildman–Crippen MR) is 130 cm³/mol. The summed E-state index contributed by atoms with van der Waals surface area (Å²) in [5.41, 5.74) is 3.53. The molecule has 2 aliphatic rings. The summed E-state index contributed by atoms with van der Waals surface area (Å²) < 4.78 is 33.6. The van der Waals surface area contributed by atoms with E-state index in [1.165, 1.54) is 7.11 Å². The van der Waals surface area contributed by atoms with Crippen molar-refractivity contribution in [1.82, 2.24) is 19.3 Å². The van der Waals surface area contributed by atoms with E-state index in [9.17, 15) is 13.2 Å². The van der Waals surface area contributed by atoms with Gasteiger partial charge in [-0.05, 0) is 38.3 Å². The van der Waals surface area contributed by atoms with Crippen molar-refractivity contribution in [3.63, 3.8) is 0 Å². The van der Waals surface area contributed by atoms with E-state index in [4.69, 9.17) is 21.3 Å². The van der Waals surface area contributed by atoms with Gasteiger partial charge >= 0.3 is 6.09 Å².